The summed E-state index contributed by atoms with van der Waals surface area (Å²) in [5, 5.41) is 2.68. The molecule has 0 N–H and O–H groups in total. The van der Waals surface area contributed by atoms with Crippen LogP contribution in [-0.4, -0.2) is 18.0 Å². The second-order valence-electron chi connectivity index (χ2n) is 15.7. The first-order valence-corrected chi connectivity index (χ1v) is 18.7. The number of aromatic nitrogens is 1. The van der Waals surface area contributed by atoms with Crippen molar-refractivity contribution in [3.63, 3.8) is 0 Å². The van der Waals surface area contributed by atoms with Gasteiger partial charge in [-0.05, 0) is 107 Å². The van der Waals surface area contributed by atoms with Crippen LogP contribution in [0, 0.1) is 13.8 Å². The number of benzene rings is 7. The summed E-state index contributed by atoms with van der Waals surface area (Å²) in [6.07, 6.45) is 4.01. The number of aryl methyl sites for hydroxylation is 2. The first-order chi connectivity index (χ1) is 25.1. The van der Waals surface area contributed by atoms with Crippen molar-refractivity contribution in [2.75, 3.05) is 0 Å². The summed E-state index contributed by atoms with van der Waals surface area (Å²) in [5.74, 6) is 0. The second kappa shape index (κ2) is 10.0. The van der Waals surface area contributed by atoms with E-state index >= 15 is 0 Å². The van der Waals surface area contributed by atoms with E-state index in [4.69, 9.17) is 0 Å². The van der Waals surface area contributed by atoms with Crippen molar-refractivity contribution in [1.82, 2.24) is 4.57 Å². The molecule has 51 heavy (non-hydrogen) atoms. The highest BCUT2D eigenvalue weighted by Gasteiger charge is 2.41. The quantitative estimate of drug-likeness (QED) is 0.192. The lowest BCUT2D eigenvalue weighted by Crippen LogP contribution is -2.65. The summed E-state index contributed by atoms with van der Waals surface area (Å²) in [5.41, 5.74) is 27.8. The molecule has 5 heterocycles. The number of rotatable bonds is 1. The Kier molecular flexibility index (Phi) is 5.55. The van der Waals surface area contributed by atoms with E-state index in [1.54, 1.807) is 10.9 Å². The molecule has 0 radical (unpaired) electrons. The zero-order chi connectivity index (χ0) is 33.5. The molecule has 0 aliphatic carbocycles. The van der Waals surface area contributed by atoms with Crippen LogP contribution in [0.15, 0.2) is 127 Å². The van der Waals surface area contributed by atoms with Crippen LogP contribution in [0.1, 0.15) is 55.6 Å². The van der Waals surface area contributed by atoms with E-state index in [0.717, 1.165) is 25.7 Å². The summed E-state index contributed by atoms with van der Waals surface area (Å²) in [6.45, 7) is 5.10. The average Bonchev–Trinajstić information content (AvgIpc) is 3.50. The van der Waals surface area contributed by atoms with Crippen LogP contribution in [0.2, 0.25) is 0 Å². The van der Waals surface area contributed by atoms with Gasteiger partial charge < -0.3 is 4.57 Å². The van der Waals surface area contributed by atoms with Crippen LogP contribution < -0.4 is 32.8 Å². The fourth-order valence-electron chi connectivity index (χ4n) is 10.9. The molecule has 3 heteroatoms. The Morgan fingerprint density at radius 2 is 0.843 bits per heavy atom. The van der Waals surface area contributed by atoms with Gasteiger partial charge in [-0.2, -0.15) is 0 Å². The third-order valence-corrected chi connectivity index (χ3v) is 13.0. The molecule has 7 aromatic carbocycles. The number of fused-ring (bicyclic) bond motifs is 11. The maximum atomic E-state index is 2.67. The van der Waals surface area contributed by atoms with Crippen LogP contribution in [0.3, 0.4) is 0 Å². The van der Waals surface area contributed by atoms with E-state index in [2.05, 4.69) is 146 Å². The molecular formula is C48H35B2N. The Labute approximate surface area is 299 Å². The Morgan fingerprint density at radius 3 is 1.43 bits per heavy atom. The molecule has 0 amide bonds. The Balaban J connectivity index is 1.11. The normalized spacial score (nSPS) is 14.5. The highest BCUT2D eigenvalue weighted by Crippen LogP contribution is 2.37. The fraction of sp³-hybridized carbons (Fsp3) is 0.125. The molecule has 8 aromatic rings. The van der Waals surface area contributed by atoms with Gasteiger partial charge in [-0.25, -0.2) is 0 Å². The first-order valence-electron chi connectivity index (χ1n) is 18.7. The highest BCUT2D eigenvalue weighted by molar-refractivity contribution is 7.00. The minimum atomic E-state index is 0.250. The first kappa shape index (κ1) is 28.2. The minimum absolute atomic E-state index is 0.250. The van der Waals surface area contributed by atoms with Gasteiger partial charge in [0.25, 0.3) is 0 Å². The number of nitrogens with zero attached hydrogens (tertiary/aromatic N) is 1. The van der Waals surface area contributed by atoms with Gasteiger partial charge in [0.15, 0.2) is 0 Å². The average molecular weight is 647 g/mol. The standard InChI is InChI=1S/C48H35B2N/c1-28-10-7-16-39-40-17-8-11-29(2)48(40)51(47(28)39)38-25-36-21-31-13-4-6-19-42(31)50-44-27-43-34(23-35(44)24-37(26-38)46(36)50)22-33-15-9-14-32-20-30-12-3-5-18-41(30)49(43)45(32)33/h3-19,23,25-27H,20-22,24H2,1-2H3. The lowest BCUT2D eigenvalue weighted by Gasteiger charge is -2.38. The molecule has 4 aliphatic rings. The molecule has 0 unspecified atom stereocenters. The molecule has 0 saturated carbocycles. The maximum Gasteiger partial charge on any atom is 0.242 e. The second-order valence-corrected chi connectivity index (χ2v) is 15.7. The van der Waals surface area contributed by atoms with Crippen molar-refractivity contribution in [2.45, 2.75) is 39.5 Å². The van der Waals surface area contributed by atoms with Crippen molar-refractivity contribution >= 4 is 68.0 Å². The number of hydrogen-bond acceptors (Lipinski definition) is 0. The topological polar surface area (TPSA) is 4.93 Å². The van der Waals surface area contributed by atoms with E-state index in [1.165, 1.54) is 105 Å². The van der Waals surface area contributed by atoms with Gasteiger partial charge in [-0.15, -0.1) is 0 Å². The van der Waals surface area contributed by atoms with Gasteiger partial charge in [0, 0.05) is 16.5 Å². The largest absolute Gasteiger partial charge is 0.309 e. The third kappa shape index (κ3) is 3.74. The molecule has 0 bridgehead atoms. The highest BCUT2D eigenvalue weighted by atomic mass is 15.0. The minimum Gasteiger partial charge on any atom is -0.309 e. The van der Waals surface area contributed by atoms with Crippen molar-refractivity contribution < 1.29 is 0 Å². The van der Waals surface area contributed by atoms with Gasteiger partial charge in [0.05, 0.1) is 11.0 Å². The van der Waals surface area contributed by atoms with Crippen LogP contribution in [0.5, 0.6) is 0 Å². The molecule has 1 nitrogen and oxygen atoms in total. The maximum absolute atomic E-state index is 2.67. The number of para-hydroxylation sites is 2. The summed E-state index contributed by atoms with van der Waals surface area (Å²) in [6, 6.07) is 49.5. The van der Waals surface area contributed by atoms with Gasteiger partial charge in [0.2, 0.25) is 13.4 Å². The van der Waals surface area contributed by atoms with Crippen molar-refractivity contribution in [1.29, 1.82) is 0 Å². The van der Waals surface area contributed by atoms with Crippen LogP contribution in [0.4, 0.5) is 0 Å². The summed E-state index contributed by atoms with van der Waals surface area (Å²) in [4.78, 5) is 0. The lowest BCUT2D eigenvalue weighted by molar-refractivity contribution is 1.09. The van der Waals surface area contributed by atoms with E-state index < -0.39 is 0 Å². The van der Waals surface area contributed by atoms with Gasteiger partial charge in [-0.3, -0.25) is 0 Å². The molecule has 1 aromatic heterocycles. The van der Waals surface area contributed by atoms with Crippen molar-refractivity contribution in [2.24, 2.45) is 0 Å². The summed E-state index contributed by atoms with van der Waals surface area (Å²) in [7, 11) is 0. The van der Waals surface area contributed by atoms with E-state index in [1.807, 2.05) is 0 Å². The molecular weight excluding hydrogens is 612 g/mol. The van der Waals surface area contributed by atoms with Gasteiger partial charge >= 0.3 is 0 Å². The Hall–Kier alpha value is -5.53. The van der Waals surface area contributed by atoms with Gasteiger partial charge in [-0.1, -0.05) is 148 Å². The van der Waals surface area contributed by atoms with Gasteiger partial charge in [0.1, 0.15) is 0 Å². The summed E-state index contributed by atoms with van der Waals surface area (Å²) < 4.78 is 2.58. The van der Waals surface area contributed by atoms with Crippen LogP contribution in [0.25, 0.3) is 27.5 Å². The van der Waals surface area contributed by atoms with E-state index in [9.17, 15) is 0 Å². The molecule has 0 fully saturated rings. The fourth-order valence-corrected chi connectivity index (χ4v) is 10.9. The van der Waals surface area contributed by atoms with Crippen LogP contribution in [-0.2, 0) is 25.7 Å². The zero-order valence-electron chi connectivity index (χ0n) is 29.1. The predicted octanol–water partition coefficient (Wildman–Crippen LogP) is 6.05. The zero-order valence-corrected chi connectivity index (χ0v) is 29.1. The third-order valence-electron chi connectivity index (χ3n) is 13.0. The molecule has 0 spiro atoms. The smallest absolute Gasteiger partial charge is 0.242 e. The SMILES string of the molecule is Cc1cccc2c3cccc(C)c3n(-c3cc4c5c(c3)Cc3cc6c(cc3B5c3ccccc3C4)B3c4ccccc4Cc4cccc(c43)C6)c12. The van der Waals surface area contributed by atoms with Crippen molar-refractivity contribution in [3.8, 4) is 5.69 Å². The molecule has 12 rings (SSSR count). The van der Waals surface area contributed by atoms with Crippen LogP contribution >= 0.6 is 0 Å². The summed E-state index contributed by atoms with van der Waals surface area (Å²) >= 11 is 0. The molecule has 0 atom stereocenters. The van der Waals surface area contributed by atoms with E-state index in [-0.39, 0.29) is 6.71 Å². The molecule has 4 aliphatic heterocycles. The monoisotopic (exact) mass is 647 g/mol. The Bertz CT molecular complexity index is 2800. The lowest BCUT2D eigenvalue weighted by atomic mass is 9.27. The predicted molar refractivity (Wildman–Crippen MR) is 217 cm³/mol. The molecule has 238 valence electrons. The Morgan fingerprint density at radius 1 is 0.392 bits per heavy atom. The molecule has 0 saturated heterocycles. The number of hydrogen-bond donors (Lipinski definition) is 0. The van der Waals surface area contributed by atoms with Crippen molar-refractivity contribution in [3.05, 3.63) is 183 Å². The van der Waals surface area contributed by atoms with E-state index in [0.29, 0.717) is 6.71 Å².